The third kappa shape index (κ3) is 1.15. The fraction of sp³-hybridized carbons (Fsp3) is 0.864. The number of nitrogens with zero attached hydrogens (tertiary/aromatic N) is 1. The Kier molecular flexibility index (Phi) is 2.35. The van der Waals surface area contributed by atoms with E-state index in [2.05, 4.69) is 18.4 Å². The number of aliphatic hydroxyl groups is 1. The summed E-state index contributed by atoms with van der Waals surface area (Å²) in [4.78, 5) is 16.3. The number of ketones is 1. The van der Waals surface area contributed by atoms with Gasteiger partial charge >= 0.3 is 0 Å². The Morgan fingerprint density at radius 3 is 3.00 bits per heavy atom. The fourth-order valence-corrected chi connectivity index (χ4v) is 10.2. The van der Waals surface area contributed by atoms with Crippen molar-refractivity contribution in [1.82, 2.24) is 4.90 Å². The van der Waals surface area contributed by atoms with Gasteiger partial charge in [0.1, 0.15) is 12.0 Å². The Balaban J connectivity index is 1.57. The molecule has 1 N–H and O–H groups in total. The lowest BCUT2D eigenvalue weighted by Gasteiger charge is -2.70. The molecule has 0 radical (unpaired) electrons. The summed E-state index contributed by atoms with van der Waals surface area (Å²) in [7, 11) is 0. The van der Waals surface area contributed by atoms with Crippen molar-refractivity contribution < 1.29 is 14.6 Å². The van der Waals surface area contributed by atoms with Crippen LogP contribution in [0.1, 0.15) is 51.9 Å². The Morgan fingerprint density at radius 2 is 2.15 bits per heavy atom. The molecule has 26 heavy (non-hydrogen) atoms. The highest BCUT2D eigenvalue weighted by atomic mass is 16.5. The van der Waals surface area contributed by atoms with Crippen molar-refractivity contribution >= 4 is 5.78 Å². The van der Waals surface area contributed by atoms with E-state index in [4.69, 9.17) is 4.74 Å². The average molecular weight is 355 g/mol. The van der Waals surface area contributed by atoms with Crippen LogP contribution in [0.15, 0.2) is 12.2 Å². The van der Waals surface area contributed by atoms with Gasteiger partial charge in [0.05, 0.1) is 12.2 Å². The molecule has 2 spiro atoms. The first-order chi connectivity index (χ1) is 12.4. The van der Waals surface area contributed by atoms with Gasteiger partial charge in [-0.15, -0.1) is 0 Å². The monoisotopic (exact) mass is 355 g/mol. The summed E-state index contributed by atoms with van der Waals surface area (Å²) in [5, 5.41) is 12.5. The van der Waals surface area contributed by atoms with Crippen molar-refractivity contribution in [3.8, 4) is 0 Å². The Morgan fingerprint density at radius 1 is 1.31 bits per heavy atom. The smallest absolute Gasteiger partial charge is 0.138 e. The maximum atomic E-state index is 13.7. The van der Waals surface area contributed by atoms with Gasteiger partial charge in [-0.2, -0.15) is 0 Å². The molecule has 0 unspecified atom stereocenters. The molecule has 6 aliphatic carbocycles. The van der Waals surface area contributed by atoms with Crippen LogP contribution in [0.2, 0.25) is 0 Å². The quantitative estimate of drug-likeness (QED) is 0.679. The van der Waals surface area contributed by atoms with Gasteiger partial charge in [0.25, 0.3) is 0 Å². The minimum absolute atomic E-state index is 0.0126. The molecule has 9 atom stereocenters. The normalized spacial score (nSPS) is 64.8. The standard InChI is InChI=1S/C22H29NO3/c1-12-9-20-11-15(24)16-19(2)4-3-5-21(16)17(23-6-7-26-18(19)23)14(20)8-13(12)10-22(20,21)25/h13-14,16-18,25H,1,3-11H2,2H3/t13-,14+,16+,17+,18-,19+,20-,21+,22-/m0/s1. The lowest BCUT2D eigenvalue weighted by Crippen LogP contribution is -2.76. The highest BCUT2D eigenvalue weighted by Gasteiger charge is 2.88. The summed E-state index contributed by atoms with van der Waals surface area (Å²) in [5.41, 5.74) is 0.0210. The summed E-state index contributed by atoms with van der Waals surface area (Å²) in [6.45, 7) is 8.43. The van der Waals surface area contributed by atoms with Crippen molar-refractivity contribution in [1.29, 1.82) is 0 Å². The number of fused-ring (bicyclic) bond motifs is 4. The molecule has 8 aliphatic rings. The Hall–Kier alpha value is -0.710. The number of carbonyl (C=O) groups is 1. The number of rotatable bonds is 0. The van der Waals surface area contributed by atoms with E-state index in [1.165, 1.54) is 5.57 Å². The molecule has 6 saturated carbocycles. The van der Waals surface area contributed by atoms with Crippen molar-refractivity contribution in [3.05, 3.63) is 12.2 Å². The number of piperidine rings is 1. The van der Waals surface area contributed by atoms with Crippen LogP contribution in [-0.4, -0.2) is 46.8 Å². The first kappa shape index (κ1) is 15.2. The number of carbonyl (C=O) groups excluding carboxylic acids is 1. The largest absolute Gasteiger partial charge is 0.389 e. The molecule has 2 saturated heterocycles. The first-order valence-corrected chi connectivity index (χ1v) is 10.7. The second kappa shape index (κ2) is 4.01. The Labute approximate surface area is 155 Å². The number of allylic oxidation sites excluding steroid dienone is 1. The van der Waals surface area contributed by atoms with E-state index in [-0.39, 0.29) is 28.4 Å². The molecular formula is C22H29NO3. The molecule has 0 aromatic rings. The van der Waals surface area contributed by atoms with E-state index in [0.29, 0.717) is 30.1 Å². The predicted molar refractivity (Wildman–Crippen MR) is 95.1 cm³/mol. The number of Topliss-reactive ketones (excluding diaryl/α,β-unsaturated/α-hetero) is 1. The molecule has 6 bridgehead atoms. The van der Waals surface area contributed by atoms with Crippen molar-refractivity contribution in [2.75, 3.05) is 13.2 Å². The van der Waals surface area contributed by atoms with Crippen molar-refractivity contribution in [2.24, 2.45) is 34.0 Å². The number of hydrogen-bond donors (Lipinski definition) is 1. The van der Waals surface area contributed by atoms with E-state index in [1.54, 1.807) is 0 Å². The molecule has 0 aromatic carbocycles. The third-order valence-electron chi connectivity index (χ3n) is 10.6. The summed E-state index contributed by atoms with van der Waals surface area (Å²) in [6, 6.07) is 0.336. The molecule has 4 nitrogen and oxygen atoms in total. The van der Waals surface area contributed by atoms with Crippen molar-refractivity contribution in [3.63, 3.8) is 0 Å². The molecule has 8 fully saturated rings. The van der Waals surface area contributed by atoms with Gasteiger partial charge in [0, 0.05) is 41.2 Å². The Bertz CT molecular complexity index is 779. The highest BCUT2D eigenvalue weighted by Crippen LogP contribution is 2.84. The maximum absolute atomic E-state index is 13.7. The predicted octanol–water partition coefficient (Wildman–Crippen LogP) is 2.51. The summed E-state index contributed by atoms with van der Waals surface area (Å²) in [6.07, 6.45) is 6.75. The second-order valence-electron chi connectivity index (χ2n) is 11.0. The average Bonchev–Trinajstić information content (AvgIpc) is 3.05. The zero-order valence-corrected chi connectivity index (χ0v) is 15.7. The van der Waals surface area contributed by atoms with Gasteiger partial charge < -0.3 is 9.84 Å². The highest BCUT2D eigenvalue weighted by molar-refractivity contribution is 5.87. The van der Waals surface area contributed by atoms with Crippen LogP contribution in [0.25, 0.3) is 0 Å². The molecule has 0 aromatic heterocycles. The zero-order chi connectivity index (χ0) is 17.7. The van der Waals surface area contributed by atoms with E-state index < -0.39 is 5.60 Å². The van der Waals surface area contributed by atoms with E-state index in [0.717, 1.165) is 51.7 Å². The third-order valence-corrected chi connectivity index (χ3v) is 10.6. The fourth-order valence-electron chi connectivity index (χ4n) is 10.2. The summed E-state index contributed by atoms with van der Waals surface area (Å²) in [5.74, 6) is 1.32. The van der Waals surface area contributed by atoms with Gasteiger partial charge in [-0.1, -0.05) is 25.5 Å². The van der Waals surface area contributed by atoms with Gasteiger partial charge in [-0.3, -0.25) is 9.69 Å². The first-order valence-electron chi connectivity index (χ1n) is 10.7. The number of ether oxygens (including phenoxy) is 1. The van der Waals surface area contributed by atoms with Crippen LogP contribution >= 0.6 is 0 Å². The number of hydrogen-bond acceptors (Lipinski definition) is 4. The van der Waals surface area contributed by atoms with Crippen LogP contribution in [-0.2, 0) is 9.53 Å². The molecule has 140 valence electrons. The molecule has 2 heterocycles. The zero-order valence-electron chi connectivity index (χ0n) is 15.7. The molecule has 4 heteroatoms. The van der Waals surface area contributed by atoms with Crippen molar-refractivity contribution in [2.45, 2.75) is 69.7 Å². The van der Waals surface area contributed by atoms with Gasteiger partial charge in [-0.05, 0) is 43.9 Å². The summed E-state index contributed by atoms with van der Waals surface area (Å²) < 4.78 is 6.30. The lowest BCUT2D eigenvalue weighted by molar-refractivity contribution is -0.282. The van der Waals surface area contributed by atoms with Gasteiger partial charge in [0.15, 0.2) is 0 Å². The van der Waals surface area contributed by atoms with Crippen LogP contribution < -0.4 is 0 Å². The van der Waals surface area contributed by atoms with Crippen LogP contribution in [0.3, 0.4) is 0 Å². The maximum Gasteiger partial charge on any atom is 0.138 e. The molecular weight excluding hydrogens is 326 g/mol. The minimum Gasteiger partial charge on any atom is -0.389 e. The van der Waals surface area contributed by atoms with Crippen LogP contribution in [0.4, 0.5) is 0 Å². The van der Waals surface area contributed by atoms with E-state index in [9.17, 15) is 9.90 Å². The molecule has 2 aliphatic heterocycles. The van der Waals surface area contributed by atoms with Crippen LogP contribution in [0.5, 0.6) is 0 Å². The summed E-state index contributed by atoms with van der Waals surface area (Å²) >= 11 is 0. The van der Waals surface area contributed by atoms with E-state index in [1.807, 2.05) is 0 Å². The molecule has 0 amide bonds. The van der Waals surface area contributed by atoms with E-state index >= 15 is 0 Å². The lowest BCUT2D eigenvalue weighted by atomic mass is 9.37. The SMILES string of the molecule is C=C1C[C@]23CC(=O)[C@@H]4[C@@]5(C)CCC[C@]46[C@@H]([C@H]2C[C@H]1C[C@]36O)N1CCO[C@H]15. The minimum atomic E-state index is -0.673. The van der Waals surface area contributed by atoms with Crippen LogP contribution in [0, 0.1) is 34.0 Å². The van der Waals surface area contributed by atoms with Gasteiger partial charge in [-0.25, -0.2) is 0 Å². The molecule has 8 rings (SSSR count). The van der Waals surface area contributed by atoms with Gasteiger partial charge in [0.2, 0.25) is 0 Å². The second-order valence-corrected chi connectivity index (χ2v) is 11.0. The topological polar surface area (TPSA) is 49.8 Å².